The first-order valence-electron chi connectivity index (χ1n) is 13.1. The van der Waals surface area contributed by atoms with Crippen LogP contribution >= 0.6 is 0 Å². The van der Waals surface area contributed by atoms with Gasteiger partial charge in [-0.25, -0.2) is 0 Å². The van der Waals surface area contributed by atoms with Gasteiger partial charge in [-0.15, -0.1) is 0 Å². The van der Waals surface area contributed by atoms with Gasteiger partial charge in [0.25, 0.3) is 0 Å². The zero-order valence-corrected chi connectivity index (χ0v) is 21.8. The van der Waals surface area contributed by atoms with E-state index in [-0.39, 0.29) is 0 Å². The van der Waals surface area contributed by atoms with Gasteiger partial charge in [-0.1, -0.05) is 67.1 Å². The maximum atomic E-state index is 2.40. The average Bonchev–Trinajstić information content (AvgIpc) is 3.38. The fourth-order valence-electron chi connectivity index (χ4n) is 6.13. The summed E-state index contributed by atoms with van der Waals surface area (Å²) in [4.78, 5) is 0. The Morgan fingerprint density at radius 1 is 0.486 bits per heavy atom. The van der Waals surface area contributed by atoms with E-state index < -0.39 is 0 Å². The van der Waals surface area contributed by atoms with Crippen LogP contribution in [0.5, 0.6) is 0 Å². The van der Waals surface area contributed by atoms with E-state index in [1.165, 1.54) is 71.4 Å². The molecule has 0 radical (unpaired) electrons. The Morgan fingerprint density at radius 2 is 0.973 bits per heavy atom. The zero-order chi connectivity index (χ0) is 25.3. The van der Waals surface area contributed by atoms with Crippen LogP contribution in [0.2, 0.25) is 0 Å². The van der Waals surface area contributed by atoms with Crippen LogP contribution in [0, 0.1) is 6.92 Å². The molecule has 7 rings (SSSR count). The van der Waals surface area contributed by atoms with Crippen molar-refractivity contribution < 1.29 is 0 Å². The number of rotatable bonds is 3. The molecule has 0 aliphatic carbocycles. The predicted octanol–water partition coefficient (Wildman–Crippen LogP) is 9.10. The molecular weight excluding hydrogens is 448 g/mol. The van der Waals surface area contributed by atoms with Crippen LogP contribution in [0.15, 0.2) is 103 Å². The van der Waals surface area contributed by atoms with Gasteiger partial charge in [-0.05, 0) is 77.7 Å². The summed E-state index contributed by atoms with van der Waals surface area (Å²) in [7, 11) is 4.34. The Balaban J connectivity index is 1.40. The molecule has 180 valence electrons. The molecule has 0 bridgehead atoms. The Hall–Kier alpha value is -4.30. The minimum Gasteiger partial charge on any atom is -0.344 e. The van der Waals surface area contributed by atoms with Crippen LogP contribution in [0.25, 0.3) is 54.7 Å². The summed E-state index contributed by atoms with van der Waals surface area (Å²) >= 11 is 0. The lowest BCUT2D eigenvalue weighted by molar-refractivity contribution is 0.924. The quantitative estimate of drug-likeness (QED) is 0.240. The maximum absolute atomic E-state index is 2.40. The van der Waals surface area contributed by atoms with Gasteiger partial charge < -0.3 is 9.13 Å². The molecule has 0 spiro atoms. The fourth-order valence-corrected chi connectivity index (χ4v) is 6.13. The molecule has 0 N–H and O–H groups in total. The van der Waals surface area contributed by atoms with Crippen molar-refractivity contribution in [3.63, 3.8) is 0 Å². The molecule has 0 aliphatic heterocycles. The topological polar surface area (TPSA) is 9.86 Å². The standard InChI is InChI=1S/C35H30N2/c1-22-10-14-32-28(18-22)30-20-26(12-16-34(30)36(32)3)27-13-17-35-31(21-27)29-19-25(11-15-33(29)37(35)4)23(2)24-8-6-5-7-9-24/h5-21,23H,1-4H3. The minimum atomic E-state index is 0.348. The highest BCUT2D eigenvalue weighted by Gasteiger charge is 2.15. The van der Waals surface area contributed by atoms with Gasteiger partial charge in [0, 0.05) is 63.6 Å². The number of hydrogen-bond donors (Lipinski definition) is 0. The van der Waals surface area contributed by atoms with Crippen molar-refractivity contribution in [1.82, 2.24) is 9.13 Å². The average molecular weight is 479 g/mol. The Morgan fingerprint density at radius 3 is 1.57 bits per heavy atom. The number of hydrogen-bond acceptors (Lipinski definition) is 0. The van der Waals surface area contributed by atoms with E-state index in [4.69, 9.17) is 0 Å². The lowest BCUT2D eigenvalue weighted by Gasteiger charge is -2.13. The monoisotopic (exact) mass is 478 g/mol. The first-order chi connectivity index (χ1) is 18.0. The van der Waals surface area contributed by atoms with Crippen molar-refractivity contribution in [1.29, 1.82) is 0 Å². The highest BCUT2D eigenvalue weighted by Crippen LogP contribution is 2.37. The molecule has 0 amide bonds. The third kappa shape index (κ3) is 3.33. The summed E-state index contributed by atoms with van der Waals surface area (Å²) in [6, 6.07) is 38.3. The molecule has 0 fully saturated rings. The molecule has 2 heterocycles. The summed E-state index contributed by atoms with van der Waals surface area (Å²) in [6.45, 7) is 4.47. The van der Waals surface area contributed by atoms with E-state index in [1.807, 2.05) is 0 Å². The molecule has 1 unspecified atom stereocenters. The number of aromatic nitrogens is 2. The second kappa shape index (κ2) is 8.11. The van der Waals surface area contributed by atoms with Crippen LogP contribution in [-0.4, -0.2) is 9.13 Å². The lowest BCUT2D eigenvalue weighted by Crippen LogP contribution is -1.95. The number of nitrogens with zero attached hydrogens (tertiary/aromatic N) is 2. The molecule has 2 aromatic heterocycles. The molecule has 37 heavy (non-hydrogen) atoms. The van der Waals surface area contributed by atoms with Gasteiger partial charge in [-0.3, -0.25) is 0 Å². The van der Waals surface area contributed by atoms with Crippen molar-refractivity contribution in [3.05, 3.63) is 120 Å². The van der Waals surface area contributed by atoms with E-state index in [1.54, 1.807) is 0 Å². The summed E-state index contributed by atoms with van der Waals surface area (Å²) in [6.07, 6.45) is 0. The van der Waals surface area contributed by atoms with Crippen molar-refractivity contribution in [2.45, 2.75) is 19.8 Å². The second-order valence-corrected chi connectivity index (χ2v) is 10.5. The smallest absolute Gasteiger partial charge is 0.0489 e. The summed E-state index contributed by atoms with van der Waals surface area (Å²) in [5.74, 6) is 0.348. The van der Waals surface area contributed by atoms with Crippen molar-refractivity contribution in [3.8, 4) is 11.1 Å². The van der Waals surface area contributed by atoms with Crippen LogP contribution < -0.4 is 0 Å². The first kappa shape index (κ1) is 21.9. The van der Waals surface area contributed by atoms with E-state index in [0.717, 1.165) is 0 Å². The number of aryl methyl sites for hydroxylation is 3. The third-order valence-electron chi connectivity index (χ3n) is 8.32. The van der Waals surface area contributed by atoms with Crippen LogP contribution in [0.3, 0.4) is 0 Å². The van der Waals surface area contributed by atoms with Crippen LogP contribution in [0.4, 0.5) is 0 Å². The first-order valence-corrected chi connectivity index (χ1v) is 13.1. The number of benzene rings is 5. The van der Waals surface area contributed by atoms with Crippen molar-refractivity contribution in [2.24, 2.45) is 14.1 Å². The maximum Gasteiger partial charge on any atom is 0.0489 e. The van der Waals surface area contributed by atoms with Gasteiger partial charge >= 0.3 is 0 Å². The molecule has 2 heteroatoms. The molecule has 7 aromatic rings. The van der Waals surface area contributed by atoms with Crippen molar-refractivity contribution >= 4 is 43.6 Å². The highest BCUT2D eigenvalue weighted by atomic mass is 14.9. The molecule has 5 aromatic carbocycles. The van der Waals surface area contributed by atoms with Crippen LogP contribution in [0.1, 0.15) is 29.5 Å². The molecule has 0 aliphatic rings. The van der Waals surface area contributed by atoms with E-state index in [0.29, 0.717) is 5.92 Å². The van der Waals surface area contributed by atoms with E-state index in [9.17, 15) is 0 Å². The highest BCUT2D eigenvalue weighted by molar-refractivity contribution is 6.11. The lowest BCUT2D eigenvalue weighted by atomic mass is 9.92. The Labute approximate surface area is 217 Å². The van der Waals surface area contributed by atoms with Crippen LogP contribution in [-0.2, 0) is 14.1 Å². The molecule has 1 atom stereocenters. The normalized spacial score (nSPS) is 12.8. The predicted molar refractivity (Wildman–Crippen MR) is 159 cm³/mol. The van der Waals surface area contributed by atoms with Gasteiger partial charge in [0.15, 0.2) is 0 Å². The summed E-state index contributed by atoms with van der Waals surface area (Å²) in [5, 5.41) is 5.27. The van der Waals surface area contributed by atoms with Crippen molar-refractivity contribution in [2.75, 3.05) is 0 Å². The molecule has 0 saturated heterocycles. The minimum absolute atomic E-state index is 0.348. The zero-order valence-electron chi connectivity index (χ0n) is 21.8. The largest absolute Gasteiger partial charge is 0.344 e. The molecular formula is C35H30N2. The summed E-state index contributed by atoms with van der Waals surface area (Å²) < 4.78 is 4.62. The molecule has 0 saturated carbocycles. The fraction of sp³-hybridized carbons (Fsp3) is 0.143. The SMILES string of the molecule is Cc1ccc2c(c1)c1cc(-c3ccc4c(c3)c3cc(C(C)c5ccccc5)ccc3n4C)ccc1n2C. The third-order valence-corrected chi connectivity index (χ3v) is 8.32. The van der Waals surface area contributed by atoms with E-state index >= 15 is 0 Å². The van der Waals surface area contributed by atoms with E-state index in [2.05, 4.69) is 140 Å². The van der Waals surface area contributed by atoms with Gasteiger partial charge in [-0.2, -0.15) is 0 Å². The van der Waals surface area contributed by atoms with Gasteiger partial charge in [0.2, 0.25) is 0 Å². The van der Waals surface area contributed by atoms with Gasteiger partial charge in [0.05, 0.1) is 0 Å². The number of fused-ring (bicyclic) bond motifs is 6. The molecule has 2 nitrogen and oxygen atoms in total. The Bertz CT molecular complexity index is 1970. The van der Waals surface area contributed by atoms with Gasteiger partial charge in [0.1, 0.15) is 0 Å². The second-order valence-electron chi connectivity index (χ2n) is 10.5. The Kier molecular flexibility index (Phi) is 4.81. The summed E-state index contributed by atoms with van der Waals surface area (Å²) in [5.41, 5.74) is 11.6.